The Kier molecular flexibility index (Phi) is 4.96. The second-order valence-corrected chi connectivity index (χ2v) is 3.94. The molecule has 3 heteroatoms. The molecular formula is C13H20O3. The summed E-state index contributed by atoms with van der Waals surface area (Å²) in [6.07, 6.45) is 4.13. The molecule has 0 fully saturated rings. The summed E-state index contributed by atoms with van der Waals surface area (Å²) in [4.78, 5) is 0. The maximum atomic E-state index is 9.61. The van der Waals surface area contributed by atoms with Gasteiger partial charge in [0.25, 0.3) is 0 Å². The number of hydrogen-bond donors (Lipinski definition) is 2. The molecule has 0 amide bonds. The zero-order chi connectivity index (χ0) is 12.0. The third-order valence-electron chi connectivity index (χ3n) is 2.49. The number of para-hydroxylation sites is 1. The largest absolute Gasteiger partial charge is 0.504 e. The Balaban J connectivity index is 2.72. The molecule has 0 aliphatic heterocycles. The highest BCUT2D eigenvalue weighted by atomic mass is 16.5. The molecule has 0 unspecified atom stereocenters. The van der Waals surface area contributed by atoms with Crippen LogP contribution in [0.25, 0.3) is 0 Å². The molecule has 2 N–H and O–H groups in total. The number of hydrogen-bond acceptors (Lipinski definition) is 3. The lowest BCUT2D eigenvalue weighted by Crippen LogP contribution is -2.15. The number of rotatable bonds is 6. The molecule has 1 aromatic carbocycles. The van der Waals surface area contributed by atoms with Crippen molar-refractivity contribution in [3.8, 4) is 17.2 Å². The Hall–Kier alpha value is -1.38. The van der Waals surface area contributed by atoms with Crippen molar-refractivity contribution < 1.29 is 14.9 Å². The second kappa shape index (κ2) is 6.26. The maximum Gasteiger partial charge on any atom is 0.200 e. The lowest BCUT2D eigenvalue weighted by molar-refractivity contribution is 0.171. The number of phenols is 2. The Bertz CT molecular complexity index is 317. The minimum atomic E-state index is -0.167. The van der Waals surface area contributed by atoms with Gasteiger partial charge in [0, 0.05) is 0 Å². The van der Waals surface area contributed by atoms with Gasteiger partial charge in [-0.3, -0.25) is 0 Å². The topological polar surface area (TPSA) is 49.7 Å². The molecule has 0 aliphatic rings. The van der Waals surface area contributed by atoms with Gasteiger partial charge < -0.3 is 14.9 Å². The summed E-state index contributed by atoms with van der Waals surface area (Å²) in [6, 6.07) is 4.78. The van der Waals surface area contributed by atoms with Gasteiger partial charge in [0.2, 0.25) is 5.75 Å². The summed E-state index contributed by atoms with van der Waals surface area (Å²) in [5, 5.41) is 19.0. The van der Waals surface area contributed by atoms with E-state index >= 15 is 0 Å². The van der Waals surface area contributed by atoms with Crippen molar-refractivity contribution in [2.75, 3.05) is 0 Å². The van der Waals surface area contributed by atoms with Gasteiger partial charge in [-0.05, 0) is 25.0 Å². The van der Waals surface area contributed by atoms with E-state index in [-0.39, 0.29) is 17.6 Å². The molecule has 1 aromatic rings. The van der Waals surface area contributed by atoms with Gasteiger partial charge in [0.15, 0.2) is 11.5 Å². The number of ether oxygens (including phenoxy) is 1. The Labute approximate surface area is 96.7 Å². The van der Waals surface area contributed by atoms with Crippen molar-refractivity contribution in [1.82, 2.24) is 0 Å². The van der Waals surface area contributed by atoms with Gasteiger partial charge >= 0.3 is 0 Å². The van der Waals surface area contributed by atoms with Gasteiger partial charge in [-0.1, -0.05) is 32.8 Å². The molecular weight excluding hydrogens is 204 g/mol. The molecule has 3 nitrogen and oxygen atoms in total. The zero-order valence-corrected chi connectivity index (χ0v) is 9.94. The average molecular weight is 224 g/mol. The van der Waals surface area contributed by atoms with Gasteiger partial charge in [0.1, 0.15) is 0 Å². The molecule has 0 spiro atoms. The normalized spacial score (nSPS) is 10.7. The summed E-state index contributed by atoms with van der Waals surface area (Å²) < 4.78 is 5.70. The van der Waals surface area contributed by atoms with Gasteiger partial charge in [-0.25, -0.2) is 0 Å². The van der Waals surface area contributed by atoms with Crippen LogP contribution < -0.4 is 4.74 Å². The quantitative estimate of drug-likeness (QED) is 0.728. The zero-order valence-electron chi connectivity index (χ0n) is 9.94. The maximum absolute atomic E-state index is 9.61. The Morgan fingerprint density at radius 3 is 2.31 bits per heavy atom. The van der Waals surface area contributed by atoms with Crippen molar-refractivity contribution in [1.29, 1.82) is 0 Å². The fourth-order valence-electron chi connectivity index (χ4n) is 1.69. The van der Waals surface area contributed by atoms with Crippen LogP contribution in [0.3, 0.4) is 0 Å². The van der Waals surface area contributed by atoms with Gasteiger partial charge in [-0.2, -0.15) is 0 Å². The summed E-state index contributed by atoms with van der Waals surface area (Å²) in [6.45, 7) is 4.21. The predicted octanol–water partition coefficient (Wildman–Crippen LogP) is 3.45. The van der Waals surface area contributed by atoms with Crippen LogP contribution in [-0.4, -0.2) is 16.3 Å². The third kappa shape index (κ3) is 3.33. The highest BCUT2D eigenvalue weighted by Gasteiger charge is 2.13. The summed E-state index contributed by atoms with van der Waals surface area (Å²) >= 11 is 0. The first-order valence-corrected chi connectivity index (χ1v) is 5.86. The van der Waals surface area contributed by atoms with E-state index in [0.29, 0.717) is 5.75 Å². The van der Waals surface area contributed by atoms with Crippen molar-refractivity contribution in [2.24, 2.45) is 0 Å². The minimum Gasteiger partial charge on any atom is -0.504 e. The van der Waals surface area contributed by atoms with E-state index in [2.05, 4.69) is 13.8 Å². The molecule has 90 valence electrons. The standard InChI is InChI=1S/C13H20O3/c1-3-6-10(7-4-2)16-12-9-5-8-11(14)13(12)15/h5,8-10,14-15H,3-4,6-7H2,1-2H3. The SMILES string of the molecule is CCCC(CCC)Oc1cccc(O)c1O. The van der Waals surface area contributed by atoms with Crippen LogP contribution in [0.5, 0.6) is 17.2 Å². The Morgan fingerprint density at radius 1 is 1.12 bits per heavy atom. The van der Waals surface area contributed by atoms with Gasteiger partial charge in [0.05, 0.1) is 6.10 Å². The van der Waals surface area contributed by atoms with E-state index in [9.17, 15) is 10.2 Å². The van der Waals surface area contributed by atoms with Crippen LogP contribution in [0.15, 0.2) is 18.2 Å². The molecule has 0 bridgehead atoms. The van der Waals surface area contributed by atoms with Crippen molar-refractivity contribution >= 4 is 0 Å². The molecule has 0 aromatic heterocycles. The highest BCUT2D eigenvalue weighted by Crippen LogP contribution is 2.35. The van der Waals surface area contributed by atoms with Crippen LogP contribution in [0.1, 0.15) is 39.5 Å². The predicted molar refractivity (Wildman–Crippen MR) is 64.0 cm³/mol. The van der Waals surface area contributed by atoms with Crippen molar-refractivity contribution in [2.45, 2.75) is 45.6 Å². The summed E-state index contributed by atoms with van der Waals surface area (Å²) in [5.74, 6) is 0.0656. The second-order valence-electron chi connectivity index (χ2n) is 3.94. The lowest BCUT2D eigenvalue weighted by atomic mass is 10.1. The molecule has 0 radical (unpaired) electrons. The van der Waals surface area contributed by atoms with E-state index in [1.807, 2.05) is 0 Å². The van der Waals surface area contributed by atoms with E-state index < -0.39 is 0 Å². The summed E-state index contributed by atoms with van der Waals surface area (Å²) in [5.41, 5.74) is 0. The molecule has 0 atom stereocenters. The van der Waals surface area contributed by atoms with Crippen LogP contribution >= 0.6 is 0 Å². The molecule has 0 aliphatic carbocycles. The van der Waals surface area contributed by atoms with Crippen LogP contribution in [0, 0.1) is 0 Å². The first kappa shape index (κ1) is 12.7. The van der Waals surface area contributed by atoms with Gasteiger partial charge in [-0.15, -0.1) is 0 Å². The molecule has 1 rings (SSSR count). The lowest BCUT2D eigenvalue weighted by Gasteiger charge is -2.18. The Morgan fingerprint density at radius 2 is 1.75 bits per heavy atom. The summed E-state index contributed by atoms with van der Waals surface area (Å²) in [7, 11) is 0. The van der Waals surface area contributed by atoms with E-state index in [4.69, 9.17) is 4.74 Å². The van der Waals surface area contributed by atoms with Crippen molar-refractivity contribution in [3.05, 3.63) is 18.2 Å². The van der Waals surface area contributed by atoms with Crippen LogP contribution in [0.4, 0.5) is 0 Å². The van der Waals surface area contributed by atoms with E-state index in [1.54, 1.807) is 12.1 Å². The van der Waals surface area contributed by atoms with E-state index in [1.165, 1.54) is 6.07 Å². The first-order valence-electron chi connectivity index (χ1n) is 5.86. The highest BCUT2D eigenvalue weighted by molar-refractivity contribution is 5.48. The van der Waals surface area contributed by atoms with Crippen LogP contribution in [0.2, 0.25) is 0 Å². The third-order valence-corrected chi connectivity index (χ3v) is 2.49. The monoisotopic (exact) mass is 224 g/mol. The number of benzene rings is 1. The molecule has 0 heterocycles. The van der Waals surface area contributed by atoms with Crippen molar-refractivity contribution in [3.63, 3.8) is 0 Å². The fourth-order valence-corrected chi connectivity index (χ4v) is 1.69. The minimum absolute atomic E-state index is 0.114. The van der Waals surface area contributed by atoms with Crippen LogP contribution in [-0.2, 0) is 0 Å². The molecule has 16 heavy (non-hydrogen) atoms. The smallest absolute Gasteiger partial charge is 0.200 e. The van der Waals surface area contributed by atoms with E-state index in [0.717, 1.165) is 25.7 Å². The molecule has 0 saturated carbocycles. The number of phenolic OH excluding ortho intramolecular Hbond substituents is 2. The number of aromatic hydroxyl groups is 2. The first-order chi connectivity index (χ1) is 7.69. The molecule has 0 saturated heterocycles. The average Bonchev–Trinajstić information content (AvgIpc) is 2.25. The fraction of sp³-hybridized carbons (Fsp3) is 0.538.